The van der Waals surface area contributed by atoms with Gasteiger partial charge in [0.15, 0.2) is 6.61 Å². The first-order chi connectivity index (χ1) is 8.93. The predicted molar refractivity (Wildman–Crippen MR) is 78.5 cm³/mol. The Labute approximate surface area is 126 Å². The van der Waals surface area contributed by atoms with Gasteiger partial charge in [0.2, 0.25) is 0 Å². The fraction of sp³-hybridized carbons (Fsp3) is 0.333. The summed E-state index contributed by atoms with van der Waals surface area (Å²) in [5, 5.41) is 4.79. The molecular weight excluding hydrogens is 311 g/mol. The monoisotopic (exact) mass is 322 g/mol. The van der Waals surface area contributed by atoms with Crippen LogP contribution in [0.15, 0.2) is 17.2 Å². The molecule has 0 saturated carbocycles. The topological polar surface area (TPSA) is 50.7 Å². The van der Waals surface area contributed by atoms with Crippen molar-refractivity contribution < 1.29 is 9.53 Å². The van der Waals surface area contributed by atoms with Crippen molar-refractivity contribution in [2.45, 2.75) is 20.3 Å². The number of hydrogen-bond acceptors (Lipinski definition) is 3. The van der Waals surface area contributed by atoms with E-state index in [2.05, 4.69) is 10.5 Å². The second kappa shape index (κ2) is 7.58. The molecule has 0 aliphatic heterocycles. The zero-order valence-electron chi connectivity index (χ0n) is 10.5. The molecule has 0 aliphatic rings. The Balaban J connectivity index is 2.58. The third-order valence-corrected chi connectivity index (χ3v) is 3.23. The third kappa shape index (κ3) is 5.27. The molecule has 0 radical (unpaired) electrons. The lowest BCUT2D eigenvalue weighted by molar-refractivity contribution is -0.123. The van der Waals surface area contributed by atoms with Crippen LogP contribution in [0, 0.1) is 0 Å². The quantitative estimate of drug-likeness (QED) is 0.507. The maximum Gasteiger partial charge on any atom is 0.277 e. The number of carbonyl (C=O) groups is 1. The first-order valence-electron chi connectivity index (χ1n) is 5.53. The van der Waals surface area contributed by atoms with Crippen LogP contribution in [0.3, 0.4) is 0 Å². The van der Waals surface area contributed by atoms with Crippen LogP contribution in [0.1, 0.15) is 20.3 Å². The molecule has 7 heteroatoms. The minimum atomic E-state index is -0.380. The van der Waals surface area contributed by atoms with Gasteiger partial charge in [-0.05, 0) is 19.4 Å². The predicted octanol–water partition coefficient (Wildman–Crippen LogP) is 3.93. The summed E-state index contributed by atoms with van der Waals surface area (Å²) < 4.78 is 5.24. The summed E-state index contributed by atoms with van der Waals surface area (Å²) in [6.07, 6.45) is 0.764. The van der Waals surface area contributed by atoms with Crippen LogP contribution in [0.4, 0.5) is 0 Å². The number of carbonyl (C=O) groups excluding carboxylic acids is 1. The standard InChI is InChI=1S/C12H13Cl3N2O2/c1-3-7(2)16-17-12(18)6-19-11-5-9(14)8(13)4-10(11)15/h4-5H,3,6H2,1-2H3,(H,17,18)/b16-7+. The molecule has 0 fully saturated rings. The van der Waals surface area contributed by atoms with Gasteiger partial charge in [0.1, 0.15) is 5.75 Å². The van der Waals surface area contributed by atoms with E-state index < -0.39 is 0 Å². The highest BCUT2D eigenvalue weighted by Gasteiger charge is 2.09. The molecule has 0 atom stereocenters. The van der Waals surface area contributed by atoms with E-state index >= 15 is 0 Å². The van der Waals surface area contributed by atoms with Crippen LogP contribution < -0.4 is 10.2 Å². The minimum absolute atomic E-state index is 0.210. The minimum Gasteiger partial charge on any atom is -0.482 e. The van der Waals surface area contributed by atoms with Crippen molar-refractivity contribution >= 4 is 46.4 Å². The molecule has 104 valence electrons. The van der Waals surface area contributed by atoms with Crippen LogP contribution >= 0.6 is 34.8 Å². The maximum atomic E-state index is 11.5. The second-order valence-corrected chi connectivity index (χ2v) is 4.94. The highest BCUT2D eigenvalue weighted by Crippen LogP contribution is 2.33. The zero-order chi connectivity index (χ0) is 14.4. The number of amides is 1. The molecule has 1 aromatic carbocycles. The Morgan fingerprint density at radius 3 is 2.53 bits per heavy atom. The van der Waals surface area contributed by atoms with Gasteiger partial charge in [-0.25, -0.2) is 5.43 Å². The second-order valence-electron chi connectivity index (χ2n) is 3.72. The molecule has 0 aliphatic carbocycles. The van der Waals surface area contributed by atoms with E-state index in [0.717, 1.165) is 12.1 Å². The van der Waals surface area contributed by atoms with Gasteiger partial charge in [0.05, 0.1) is 15.1 Å². The summed E-state index contributed by atoms with van der Waals surface area (Å²) in [5.74, 6) is -0.0858. The molecule has 0 heterocycles. The SMILES string of the molecule is CC/C(C)=N/NC(=O)COc1cc(Cl)c(Cl)cc1Cl. The van der Waals surface area contributed by atoms with Gasteiger partial charge in [0, 0.05) is 11.8 Å². The van der Waals surface area contributed by atoms with Gasteiger partial charge in [0.25, 0.3) is 5.91 Å². The van der Waals surface area contributed by atoms with E-state index in [0.29, 0.717) is 15.8 Å². The molecular formula is C12H13Cl3N2O2. The Hall–Kier alpha value is -0.970. The lowest BCUT2D eigenvalue weighted by Gasteiger charge is -2.08. The number of benzene rings is 1. The average Bonchev–Trinajstić information content (AvgIpc) is 2.38. The number of hydrazone groups is 1. The molecule has 19 heavy (non-hydrogen) atoms. The third-order valence-electron chi connectivity index (χ3n) is 2.22. The zero-order valence-corrected chi connectivity index (χ0v) is 12.7. The molecule has 0 aromatic heterocycles. The summed E-state index contributed by atoms with van der Waals surface area (Å²) >= 11 is 17.5. The normalized spacial score (nSPS) is 11.3. The molecule has 0 bridgehead atoms. The largest absolute Gasteiger partial charge is 0.482 e. The van der Waals surface area contributed by atoms with E-state index in [-0.39, 0.29) is 17.5 Å². The van der Waals surface area contributed by atoms with Crippen molar-refractivity contribution in [3.05, 3.63) is 27.2 Å². The molecule has 0 spiro atoms. The Bertz CT molecular complexity index is 504. The summed E-state index contributed by atoms with van der Waals surface area (Å²) in [7, 11) is 0. The first-order valence-corrected chi connectivity index (χ1v) is 6.66. The number of ether oxygens (including phenoxy) is 1. The van der Waals surface area contributed by atoms with E-state index in [1.165, 1.54) is 12.1 Å². The number of hydrogen-bond donors (Lipinski definition) is 1. The van der Waals surface area contributed by atoms with Crippen molar-refractivity contribution in [2.75, 3.05) is 6.61 Å². The summed E-state index contributed by atoms with van der Waals surface area (Å²) in [5.41, 5.74) is 3.19. The molecule has 1 amide bonds. The number of halogens is 3. The van der Waals surface area contributed by atoms with Gasteiger partial charge < -0.3 is 4.74 Å². The van der Waals surface area contributed by atoms with Crippen molar-refractivity contribution in [3.63, 3.8) is 0 Å². The Kier molecular flexibility index (Phi) is 6.42. The van der Waals surface area contributed by atoms with Crippen molar-refractivity contribution in [3.8, 4) is 5.75 Å². The highest BCUT2D eigenvalue weighted by molar-refractivity contribution is 6.43. The lowest BCUT2D eigenvalue weighted by atomic mass is 10.3. The van der Waals surface area contributed by atoms with Crippen molar-refractivity contribution in [1.29, 1.82) is 0 Å². The molecule has 4 nitrogen and oxygen atoms in total. The van der Waals surface area contributed by atoms with Gasteiger partial charge in [-0.1, -0.05) is 41.7 Å². The lowest BCUT2D eigenvalue weighted by Crippen LogP contribution is -2.25. The van der Waals surface area contributed by atoms with Crippen LogP contribution in [0.25, 0.3) is 0 Å². The fourth-order valence-electron chi connectivity index (χ4n) is 1.03. The Morgan fingerprint density at radius 2 is 1.89 bits per heavy atom. The fourth-order valence-corrected chi connectivity index (χ4v) is 1.62. The average molecular weight is 324 g/mol. The number of nitrogens with zero attached hydrogens (tertiary/aromatic N) is 1. The van der Waals surface area contributed by atoms with Gasteiger partial charge in [-0.2, -0.15) is 5.10 Å². The van der Waals surface area contributed by atoms with Crippen molar-refractivity contribution in [2.24, 2.45) is 5.10 Å². The van der Waals surface area contributed by atoms with E-state index in [9.17, 15) is 4.79 Å². The van der Waals surface area contributed by atoms with Crippen LogP contribution in [0.5, 0.6) is 5.75 Å². The summed E-state index contributed by atoms with van der Waals surface area (Å²) in [4.78, 5) is 11.5. The smallest absolute Gasteiger partial charge is 0.277 e. The van der Waals surface area contributed by atoms with Gasteiger partial charge in [-0.15, -0.1) is 0 Å². The van der Waals surface area contributed by atoms with Crippen molar-refractivity contribution in [1.82, 2.24) is 5.43 Å². The molecule has 1 aromatic rings. The van der Waals surface area contributed by atoms with Gasteiger partial charge >= 0.3 is 0 Å². The van der Waals surface area contributed by atoms with Crippen LogP contribution in [-0.4, -0.2) is 18.2 Å². The number of nitrogens with one attached hydrogen (secondary N) is 1. The molecule has 0 unspecified atom stereocenters. The van der Waals surface area contributed by atoms with E-state index in [4.69, 9.17) is 39.5 Å². The Morgan fingerprint density at radius 1 is 1.26 bits per heavy atom. The summed E-state index contributed by atoms with van der Waals surface area (Å²) in [6.45, 7) is 3.55. The first kappa shape index (κ1) is 16.1. The molecule has 1 rings (SSSR count). The maximum absolute atomic E-state index is 11.5. The van der Waals surface area contributed by atoms with Crippen LogP contribution in [-0.2, 0) is 4.79 Å². The number of rotatable bonds is 5. The molecule has 1 N–H and O–H groups in total. The highest BCUT2D eigenvalue weighted by atomic mass is 35.5. The molecule has 0 saturated heterocycles. The van der Waals surface area contributed by atoms with E-state index in [1.807, 2.05) is 13.8 Å². The van der Waals surface area contributed by atoms with E-state index in [1.54, 1.807) is 0 Å². The van der Waals surface area contributed by atoms with Crippen LogP contribution in [0.2, 0.25) is 15.1 Å². The van der Waals surface area contributed by atoms with Gasteiger partial charge in [-0.3, -0.25) is 4.79 Å². The summed E-state index contributed by atoms with van der Waals surface area (Å²) in [6, 6.07) is 2.91.